The van der Waals surface area contributed by atoms with Crippen LogP contribution >= 0.6 is 0 Å². The third kappa shape index (κ3) is 1.49. The van der Waals surface area contributed by atoms with E-state index in [0.717, 1.165) is 0 Å². The third-order valence-electron chi connectivity index (χ3n) is 0.837. The molecular formula is C4H6N2O3S. The van der Waals surface area contributed by atoms with E-state index in [2.05, 4.69) is 10.3 Å². The van der Waals surface area contributed by atoms with Crippen molar-refractivity contribution >= 4 is 10.0 Å². The fraction of sp³-hybridized carbons (Fsp3) is 0. The molecule has 0 radical (unpaired) electrons. The van der Waals surface area contributed by atoms with Crippen molar-refractivity contribution < 1.29 is 13.3 Å². The third-order valence-corrected chi connectivity index (χ3v) is 1.62. The second-order valence-electron chi connectivity index (χ2n) is 1.61. The molecule has 0 fully saturated rings. The van der Waals surface area contributed by atoms with Crippen LogP contribution in [-0.4, -0.2) is 8.42 Å². The van der Waals surface area contributed by atoms with Gasteiger partial charge in [-0.05, 0) is 12.2 Å². The first kappa shape index (κ1) is 7.10. The molecule has 1 heterocycles. The van der Waals surface area contributed by atoms with Crippen LogP contribution in [0.1, 0.15) is 0 Å². The standard InChI is InChI=1S/C4H6N2O3S/c5-10(7,8)4-2-1-3-6-9-4/h1-3,6H,(H2,5,7,8). The van der Waals surface area contributed by atoms with Gasteiger partial charge in [-0.15, -0.1) is 0 Å². The molecule has 0 saturated carbocycles. The molecule has 0 aromatic carbocycles. The Morgan fingerprint density at radius 1 is 1.60 bits per heavy atom. The zero-order valence-electron chi connectivity index (χ0n) is 4.94. The lowest BCUT2D eigenvalue weighted by Crippen LogP contribution is -2.22. The summed E-state index contributed by atoms with van der Waals surface area (Å²) in [7, 11) is -3.70. The summed E-state index contributed by atoms with van der Waals surface area (Å²) in [5, 5.41) is 4.43. The zero-order valence-corrected chi connectivity index (χ0v) is 5.76. The lowest BCUT2D eigenvalue weighted by Gasteiger charge is -2.08. The molecule has 5 nitrogen and oxygen atoms in total. The summed E-state index contributed by atoms with van der Waals surface area (Å²) in [4.78, 5) is 4.45. The highest BCUT2D eigenvalue weighted by atomic mass is 32.2. The number of hydrogen-bond acceptors (Lipinski definition) is 4. The number of allylic oxidation sites excluding steroid dienone is 2. The second kappa shape index (κ2) is 2.31. The van der Waals surface area contributed by atoms with Gasteiger partial charge in [0.15, 0.2) is 0 Å². The summed E-state index contributed by atoms with van der Waals surface area (Å²) < 4.78 is 21.0. The number of hydrogen-bond donors (Lipinski definition) is 2. The summed E-state index contributed by atoms with van der Waals surface area (Å²) >= 11 is 0. The van der Waals surface area contributed by atoms with E-state index in [4.69, 9.17) is 5.14 Å². The fourth-order valence-electron chi connectivity index (χ4n) is 0.445. The van der Waals surface area contributed by atoms with Gasteiger partial charge in [-0.1, -0.05) is 0 Å². The molecule has 56 valence electrons. The molecule has 1 aliphatic heterocycles. The van der Waals surface area contributed by atoms with Gasteiger partial charge in [0.1, 0.15) is 0 Å². The molecule has 1 aliphatic rings. The Bertz CT molecular complexity index is 277. The van der Waals surface area contributed by atoms with Gasteiger partial charge < -0.3 is 4.84 Å². The summed E-state index contributed by atoms with van der Waals surface area (Å²) in [6.07, 6.45) is 4.17. The van der Waals surface area contributed by atoms with Gasteiger partial charge >= 0.3 is 0 Å². The maximum atomic E-state index is 10.5. The maximum Gasteiger partial charge on any atom is 0.274 e. The number of nitrogens with one attached hydrogen (secondary N) is 1. The lowest BCUT2D eigenvalue weighted by atomic mass is 10.6. The largest absolute Gasteiger partial charge is 0.369 e. The van der Waals surface area contributed by atoms with E-state index >= 15 is 0 Å². The predicted octanol–water partition coefficient (Wildman–Crippen LogP) is -0.835. The highest BCUT2D eigenvalue weighted by Gasteiger charge is 2.13. The van der Waals surface area contributed by atoms with Gasteiger partial charge in [0.05, 0.1) is 0 Å². The monoisotopic (exact) mass is 162 g/mol. The number of primary sulfonamides is 1. The average molecular weight is 162 g/mol. The van der Waals surface area contributed by atoms with Gasteiger partial charge in [-0.2, -0.15) is 0 Å². The number of hydroxylamine groups is 1. The Kier molecular flexibility index (Phi) is 1.64. The zero-order chi connectivity index (χ0) is 7.61. The van der Waals surface area contributed by atoms with Crippen molar-refractivity contribution in [2.24, 2.45) is 5.14 Å². The van der Waals surface area contributed by atoms with Crippen LogP contribution in [0, 0.1) is 0 Å². The average Bonchev–Trinajstić information content (AvgIpc) is 1.88. The van der Waals surface area contributed by atoms with Crippen molar-refractivity contribution in [2.75, 3.05) is 0 Å². The van der Waals surface area contributed by atoms with Crippen molar-refractivity contribution in [1.82, 2.24) is 5.48 Å². The molecule has 0 aromatic heterocycles. The van der Waals surface area contributed by atoms with Crippen molar-refractivity contribution in [1.29, 1.82) is 0 Å². The number of nitrogens with two attached hydrogens (primary N) is 1. The highest BCUT2D eigenvalue weighted by Crippen LogP contribution is 2.04. The summed E-state index contributed by atoms with van der Waals surface area (Å²) in [5.74, 6) is 0. The number of sulfonamides is 1. The fourth-order valence-corrected chi connectivity index (χ4v) is 0.878. The van der Waals surface area contributed by atoms with Gasteiger partial charge in [0.2, 0.25) is 0 Å². The molecule has 0 aromatic rings. The van der Waals surface area contributed by atoms with Gasteiger partial charge in [-0.3, -0.25) is 0 Å². The molecule has 0 bridgehead atoms. The number of rotatable bonds is 1. The lowest BCUT2D eigenvalue weighted by molar-refractivity contribution is 0.158. The van der Waals surface area contributed by atoms with Gasteiger partial charge in [0.25, 0.3) is 15.1 Å². The van der Waals surface area contributed by atoms with Gasteiger partial charge in [-0.25, -0.2) is 19.0 Å². The minimum atomic E-state index is -3.70. The highest BCUT2D eigenvalue weighted by molar-refractivity contribution is 7.92. The molecule has 0 saturated heterocycles. The minimum Gasteiger partial charge on any atom is -0.369 e. The maximum absolute atomic E-state index is 10.5. The van der Waals surface area contributed by atoms with Gasteiger partial charge in [0, 0.05) is 6.20 Å². The Morgan fingerprint density at radius 2 is 2.30 bits per heavy atom. The van der Waals surface area contributed by atoms with Crippen molar-refractivity contribution in [2.45, 2.75) is 0 Å². The van der Waals surface area contributed by atoms with E-state index in [1.165, 1.54) is 18.4 Å². The molecule has 3 N–H and O–H groups in total. The quantitative estimate of drug-likeness (QED) is 0.527. The predicted molar refractivity (Wildman–Crippen MR) is 34.6 cm³/mol. The SMILES string of the molecule is NS(=O)(=O)C1=CC=CNO1. The van der Waals surface area contributed by atoms with E-state index in [9.17, 15) is 8.42 Å². The van der Waals surface area contributed by atoms with Crippen LogP contribution in [0.3, 0.4) is 0 Å². The molecule has 0 atom stereocenters. The van der Waals surface area contributed by atoms with Crippen LogP contribution in [0.5, 0.6) is 0 Å². The van der Waals surface area contributed by atoms with Crippen molar-refractivity contribution in [3.63, 3.8) is 0 Å². The van der Waals surface area contributed by atoms with Crippen LogP contribution in [-0.2, 0) is 14.9 Å². The Hall–Kier alpha value is -1.01. The van der Waals surface area contributed by atoms with E-state index < -0.39 is 10.0 Å². The topological polar surface area (TPSA) is 81.4 Å². The molecule has 10 heavy (non-hydrogen) atoms. The normalized spacial score (nSPS) is 17.1. The van der Waals surface area contributed by atoms with Crippen LogP contribution < -0.4 is 10.6 Å². The smallest absolute Gasteiger partial charge is 0.274 e. The molecular weight excluding hydrogens is 156 g/mol. The molecule has 0 spiro atoms. The summed E-state index contributed by atoms with van der Waals surface area (Å²) in [6, 6.07) is 0. The van der Waals surface area contributed by atoms with E-state index in [-0.39, 0.29) is 5.09 Å². The summed E-state index contributed by atoms with van der Waals surface area (Å²) in [5.41, 5.74) is 2.23. The van der Waals surface area contributed by atoms with Crippen molar-refractivity contribution in [3.05, 3.63) is 23.4 Å². The first-order valence-electron chi connectivity index (χ1n) is 2.43. The van der Waals surface area contributed by atoms with E-state index in [0.29, 0.717) is 0 Å². The second-order valence-corrected chi connectivity index (χ2v) is 3.10. The van der Waals surface area contributed by atoms with Crippen LogP contribution in [0.15, 0.2) is 23.4 Å². The van der Waals surface area contributed by atoms with E-state index in [1.807, 2.05) is 0 Å². The molecule has 0 amide bonds. The van der Waals surface area contributed by atoms with Crippen LogP contribution in [0.2, 0.25) is 0 Å². The summed E-state index contributed by atoms with van der Waals surface area (Å²) in [6.45, 7) is 0. The molecule has 6 heteroatoms. The van der Waals surface area contributed by atoms with Crippen LogP contribution in [0.4, 0.5) is 0 Å². The molecule has 0 aliphatic carbocycles. The first-order chi connectivity index (χ1) is 4.61. The first-order valence-corrected chi connectivity index (χ1v) is 3.97. The Morgan fingerprint density at radius 3 is 2.60 bits per heavy atom. The Labute approximate surface area is 58.2 Å². The minimum absolute atomic E-state index is 0.282. The molecule has 0 unspecified atom stereocenters. The van der Waals surface area contributed by atoms with E-state index in [1.54, 1.807) is 0 Å². The van der Waals surface area contributed by atoms with Crippen LogP contribution in [0.25, 0.3) is 0 Å². The molecule has 1 rings (SSSR count). The van der Waals surface area contributed by atoms with Crippen molar-refractivity contribution in [3.8, 4) is 0 Å². The Balaban J connectivity index is 2.93.